The van der Waals surface area contributed by atoms with E-state index in [1.165, 1.54) is 13.0 Å². The van der Waals surface area contributed by atoms with Crippen molar-refractivity contribution < 1.29 is 22.4 Å². The van der Waals surface area contributed by atoms with Crippen LogP contribution in [0.1, 0.15) is 32.9 Å². The van der Waals surface area contributed by atoms with Gasteiger partial charge in [0.25, 0.3) is 5.91 Å². The second-order valence-electron chi connectivity index (χ2n) is 5.77. The standard InChI is InChI=1S/C17H15F4N3O/c1-9-11(3-5-14(23-9)17(19,20)21)16(25)24-13-4-2-10-8-22-7-6-12(10)15(13)18/h2-5,22H,6-8H2,1H3,(H,24,25). The molecule has 1 aromatic heterocycles. The van der Waals surface area contributed by atoms with Crippen molar-refractivity contribution in [2.24, 2.45) is 0 Å². The fourth-order valence-corrected chi connectivity index (χ4v) is 2.78. The summed E-state index contributed by atoms with van der Waals surface area (Å²) in [4.78, 5) is 15.7. The first-order chi connectivity index (χ1) is 11.8. The van der Waals surface area contributed by atoms with Crippen molar-refractivity contribution in [1.82, 2.24) is 10.3 Å². The Morgan fingerprint density at radius 3 is 2.68 bits per heavy atom. The Kier molecular flexibility index (Phi) is 4.47. The maximum atomic E-state index is 14.5. The van der Waals surface area contributed by atoms with E-state index in [0.717, 1.165) is 17.7 Å². The molecule has 2 N–H and O–H groups in total. The third-order valence-electron chi connectivity index (χ3n) is 4.08. The summed E-state index contributed by atoms with van der Waals surface area (Å²) in [5.41, 5.74) is 0.189. The van der Waals surface area contributed by atoms with Crippen LogP contribution >= 0.6 is 0 Å². The summed E-state index contributed by atoms with van der Waals surface area (Å²) in [5.74, 6) is -1.21. The summed E-state index contributed by atoms with van der Waals surface area (Å²) >= 11 is 0. The Bertz CT molecular complexity index is 833. The number of fused-ring (bicyclic) bond motifs is 1. The summed E-state index contributed by atoms with van der Waals surface area (Å²) in [7, 11) is 0. The van der Waals surface area contributed by atoms with E-state index in [2.05, 4.69) is 15.6 Å². The number of nitrogens with one attached hydrogen (secondary N) is 2. The predicted octanol–water partition coefficient (Wildman–Crippen LogP) is 3.45. The molecule has 0 radical (unpaired) electrons. The largest absolute Gasteiger partial charge is 0.433 e. The summed E-state index contributed by atoms with van der Waals surface area (Å²) in [6.45, 7) is 2.50. The molecule has 0 spiro atoms. The van der Waals surface area contributed by atoms with Crippen LogP contribution in [0.3, 0.4) is 0 Å². The highest BCUT2D eigenvalue weighted by Gasteiger charge is 2.33. The molecule has 1 aromatic carbocycles. The lowest BCUT2D eigenvalue weighted by molar-refractivity contribution is -0.141. The number of nitrogens with zero attached hydrogens (tertiary/aromatic N) is 1. The molecule has 132 valence electrons. The van der Waals surface area contributed by atoms with E-state index in [1.54, 1.807) is 6.07 Å². The van der Waals surface area contributed by atoms with Crippen molar-refractivity contribution in [3.63, 3.8) is 0 Å². The fourth-order valence-electron chi connectivity index (χ4n) is 2.78. The van der Waals surface area contributed by atoms with Crippen LogP contribution in [0.5, 0.6) is 0 Å². The van der Waals surface area contributed by atoms with Crippen LogP contribution < -0.4 is 10.6 Å². The zero-order chi connectivity index (χ0) is 18.2. The average molecular weight is 353 g/mol. The Morgan fingerprint density at radius 2 is 2.00 bits per heavy atom. The van der Waals surface area contributed by atoms with Crippen molar-refractivity contribution in [3.8, 4) is 0 Å². The number of hydrogen-bond acceptors (Lipinski definition) is 3. The number of alkyl halides is 3. The van der Waals surface area contributed by atoms with Gasteiger partial charge in [-0.15, -0.1) is 0 Å². The van der Waals surface area contributed by atoms with Crippen molar-refractivity contribution >= 4 is 11.6 Å². The van der Waals surface area contributed by atoms with Gasteiger partial charge in [0, 0.05) is 6.54 Å². The van der Waals surface area contributed by atoms with E-state index in [1.807, 2.05) is 0 Å². The van der Waals surface area contributed by atoms with Crippen LogP contribution in [0.15, 0.2) is 24.3 Å². The molecule has 4 nitrogen and oxygen atoms in total. The van der Waals surface area contributed by atoms with Gasteiger partial charge in [-0.1, -0.05) is 6.07 Å². The van der Waals surface area contributed by atoms with E-state index in [-0.39, 0.29) is 16.9 Å². The maximum Gasteiger partial charge on any atom is 0.433 e. The van der Waals surface area contributed by atoms with Gasteiger partial charge >= 0.3 is 6.18 Å². The lowest BCUT2D eigenvalue weighted by Gasteiger charge is -2.19. The van der Waals surface area contributed by atoms with Gasteiger partial charge in [0.1, 0.15) is 11.5 Å². The van der Waals surface area contributed by atoms with Gasteiger partial charge in [-0.2, -0.15) is 13.2 Å². The highest BCUT2D eigenvalue weighted by molar-refractivity contribution is 6.05. The number of pyridine rings is 1. The van der Waals surface area contributed by atoms with E-state index >= 15 is 0 Å². The minimum Gasteiger partial charge on any atom is -0.319 e. The third kappa shape index (κ3) is 3.48. The topological polar surface area (TPSA) is 54.0 Å². The Balaban J connectivity index is 1.86. The zero-order valence-electron chi connectivity index (χ0n) is 13.3. The second kappa shape index (κ2) is 6.44. The highest BCUT2D eigenvalue weighted by Crippen LogP contribution is 2.29. The number of benzene rings is 1. The molecule has 0 fully saturated rings. The van der Waals surface area contributed by atoms with Crippen molar-refractivity contribution in [3.05, 3.63) is 58.2 Å². The maximum absolute atomic E-state index is 14.5. The van der Waals surface area contributed by atoms with Crippen LogP contribution in [0.4, 0.5) is 23.2 Å². The minimum absolute atomic E-state index is 0.00458. The van der Waals surface area contributed by atoms with Gasteiger partial charge in [0.05, 0.1) is 16.9 Å². The number of anilines is 1. The molecular weight excluding hydrogens is 338 g/mol. The highest BCUT2D eigenvalue weighted by atomic mass is 19.4. The van der Waals surface area contributed by atoms with E-state index in [0.29, 0.717) is 25.1 Å². The molecule has 1 aliphatic rings. The molecule has 0 saturated carbocycles. The van der Waals surface area contributed by atoms with Crippen molar-refractivity contribution in [2.75, 3.05) is 11.9 Å². The molecule has 8 heteroatoms. The molecule has 3 rings (SSSR count). The molecule has 2 aromatic rings. The SMILES string of the molecule is Cc1nc(C(F)(F)F)ccc1C(=O)Nc1ccc2c(c1F)CCNC2. The Morgan fingerprint density at radius 1 is 1.24 bits per heavy atom. The van der Waals surface area contributed by atoms with E-state index in [4.69, 9.17) is 0 Å². The molecular formula is C17H15F4N3O. The first-order valence-corrected chi connectivity index (χ1v) is 7.64. The molecule has 2 heterocycles. The van der Waals surface area contributed by atoms with Crippen LogP contribution in [0.2, 0.25) is 0 Å². The van der Waals surface area contributed by atoms with Gasteiger partial charge in [-0.25, -0.2) is 9.37 Å². The lowest BCUT2D eigenvalue weighted by atomic mass is 9.99. The summed E-state index contributed by atoms with van der Waals surface area (Å²) in [6, 6.07) is 4.95. The zero-order valence-corrected chi connectivity index (χ0v) is 13.3. The molecule has 25 heavy (non-hydrogen) atoms. The van der Waals surface area contributed by atoms with Gasteiger partial charge in [0.15, 0.2) is 0 Å². The number of hydrogen-bond donors (Lipinski definition) is 2. The third-order valence-corrected chi connectivity index (χ3v) is 4.08. The van der Waals surface area contributed by atoms with Gasteiger partial charge in [0.2, 0.25) is 0 Å². The van der Waals surface area contributed by atoms with Gasteiger partial charge < -0.3 is 10.6 Å². The quantitative estimate of drug-likeness (QED) is 0.813. The number of carbonyl (C=O) groups is 1. The van der Waals surface area contributed by atoms with Crippen LogP contribution in [-0.4, -0.2) is 17.4 Å². The molecule has 1 amide bonds. The van der Waals surface area contributed by atoms with Gasteiger partial charge in [-0.3, -0.25) is 4.79 Å². The average Bonchev–Trinajstić information content (AvgIpc) is 2.56. The normalized spacial score (nSPS) is 14.1. The fraction of sp³-hybridized carbons (Fsp3) is 0.294. The van der Waals surface area contributed by atoms with E-state index < -0.39 is 23.6 Å². The number of rotatable bonds is 2. The second-order valence-corrected chi connectivity index (χ2v) is 5.77. The number of halogens is 4. The van der Waals surface area contributed by atoms with Crippen LogP contribution in [-0.2, 0) is 19.1 Å². The summed E-state index contributed by atoms with van der Waals surface area (Å²) < 4.78 is 52.5. The number of aryl methyl sites for hydroxylation is 1. The number of carbonyl (C=O) groups excluding carboxylic acids is 1. The van der Waals surface area contributed by atoms with Crippen molar-refractivity contribution in [2.45, 2.75) is 26.1 Å². The minimum atomic E-state index is -4.58. The molecule has 1 aliphatic heterocycles. The predicted molar refractivity (Wildman–Crippen MR) is 83.7 cm³/mol. The Hall–Kier alpha value is -2.48. The lowest BCUT2D eigenvalue weighted by Crippen LogP contribution is -2.25. The molecule has 0 atom stereocenters. The summed E-state index contributed by atoms with van der Waals surface area (Å²) in [6.07, 6.45) is -4.08. The molecule has 0 bridgehead atoms. The molecule has 0 aliphatic carbocycles. The molecule has 0 saturated heterocycles. The van der Waals surface area contributed by atoms with Gasteiger partial charge in [-0.05, 0) is 49.2 Å². The van der Waals surface area contributed by atoms with Crippen LogP contribution in [0, 0.1) is 12.7 Å². The first kappa shape index (κ1) is 17.3. The molecule has 0 unspecified atom stereocenters. The van der Waals surface area contributed by atoms with Crippen molar-refractivity contribution in [1.29, 1.82) is 0 Å². The number of aromatic nitrogens is 1. The smallest absolute Gasteiger partial charge is 0.319 e. The Labute approximate surface area is 141 Å². The first-order valence-electron chi connectivity index (χ1n) is 7.64. The van der Waals surface area contributed by atoms with Crippen LogP contribution in [0.25, 0.3) is 0 Å². The summed E-state index contributed by atoms with van der Waals surface area (Å²) in [5, 5.41) is 5.55. The monoisotopic (exact) mass is 353 g/mol. The van der Waals surface area contributed by atoms with E-state index in [9.17, 15) is 22.4 Å². The number of amides is 1.